The van der Waals surface area contributed by atoms with Crippen LogP contribution in [0, 0.1) is 0 Å². The molecule has 1 aromatic rings. The predicted molar refractivity (Wildman–Crippen MR) is 72.2 cm³/mol. The first kappa shape index (κ1) is 21.3. The molecule has 1 aromatic heterocycles. The molecule has 3 N–H and O–H groups in total. The second-order valence-corrected chi connectivity index (χ2v) is 6.21. The highest BCUT2D eigenvalue weighted by Gasteiger charge is 1.96. The van der Waals surface area contributed by atoms with Crippen molar-refractivity contribution in [2.75, 3.05) is 6.26 Å². The Morgan fingerprint density at radius 2 is 1.55 bits per heavy atom. The van der Waals surface area contributed by atoms with Crippen molar-refractivity contribution < 1.29 is 35.1 Å². The van der Waals surface area contributed by atoms with Gasteiger partial charge in [0.15, 0.2) is 0 Å². The highest BCUT2D eigenvalue weighted by Crippen LogP contribution is 1.91. The minimum Gasteiger partial charge on any atom is -0.286 e. The smallest absolute Gasteiger partial charge is 0.286 e. The van der Waals surface area contributed by atoms with E-state index in [1.165, 1.54) is 12.8 Å². The predicted octanol–water partition coefficient (Wildman–Crippen LogP) is -0.0361. The third-order valence-corrected chi connectivity index (χ3v) is 1.59. The summed E-state index contributed by atoms with van der Waals surface area (Å²) in [7, 11) is -6.29. The lowest BCUT2D eigenvalue weighted by atomic mass is 10.3. The first-order valence-corrected chi connectivity index (χ1v) is 8.70. The summed E-state index contributed by atoms with van der Waals surface area (Å²) >= 11 is 0. The van der Waals surface area contributed by atoms with Gasteiger partial charge in [0, 0.05) is 0 Å². The molecule has 1 heterocycles. The van der Waals surface area contributed by atoms with Gasteiger partial charge < -0.3 is 0 Å². The Bertz CT molecular complexity index is 517. The molecule has 1 rings (SSSR count). The Balaban J connectivity index is 0. The van der Waals surface area contributed by atoms with Crippen LogP contribution < -0.4 is 4.57 Å². The Morgan fingerprint density at radius 3 is 1.80 bits per heavy atom. The van der Waals surface area contributed by atoms with Gasteiger partial charge in [-0.25, -0.2) is 9.13 Å². The van der Waals surface area contributed by atoms with Crippen molar-refractivity contribution in [2.24, 2.45) is 7.05 Å². The number of hydrogen-bond acceptors (Lipinski definition) is 4. The number of imidazole rings is 1. The molecule has 9 nitrogen and oxygen atoms in total. The SMILES string of the molecule is CCCCn1cc[n+](C)c1.CS(=O)(=O)O.O=S(=O)(O)O. The van der Waals surface area contributed by atoms with Gasteiger partial charge in [-0.1, -0.05) is 13.3 Å². The molecule has 0 saturated carbocycles. The molecular formula is C9H21N2O7S2+. The first-order chi connectivity index (χ1) is 8.83. The lowest BCUT2D eigenvalue weighted by Crippen LogP contribution is -2.23. The fourth-order valence-corrected chi connectivity index (χ4v) is 0.975. The molecule has 0 bridgehead atoms. The van der Waals surface area contributed by atoms with Crippen molar-refractivity contribution in [3.63, 3.8) is 0 Å². The molecule has 0 saturated heterocycles. The largest absolute Gasteiger partial charge is 0.394 e. The van der Waals surface area contributed by atoms with Crippen molar-refractivity contribution in [2.45, 2.75) is 26.3 Å². The number of rotatable bonds is 3. The summed E-state index contributed by atoms with van der Waals surface area (Å²) in [4.78, 5) is 0. The lowest BCUT2D eigenvalue weighted by Gasteiger charge is -1.90. The second-order valence-electron chi connectivity index (χ2n) is 3.85. The highest BCUT2D eigenvalue weighted by molar-refractivity contribution is 7.85. The van der Waals surface area contributed by atoms with E-state index in [0.29, 0.717) is 6.26 Å². The monoisotopic (exact) mass is 333 g/mol. The summed E-state index contributed by atoms with van der Waals surface area (Å²) in [5, 5.41) is 0. The Kier molecular flexibility index (Phi) is 10.5. The third kappa shape index (κ3) is 30.2. The van der Waals surface area contributed by atoms with E-state index < -0.39 is 20.5 Å². The maximum absolute atomic E-state index is 9.19. The van der Waals surface area contributed by atoms with E-state index in [4.69, 9.17) is 22.1 Å². The van der Waals surface area contributed by atoms with Crippen LogP contribution in [-0.4, -0.2) is 41.3 Å². The van der Waals surface area contributed by atoms with Crippen LogP contribution in [0.3, 0.4) is 0 Å². The fraction of sp³-hybridized carbons (Fsp3) is 0.667. The summed E-state index contributed by atoms with van der Waals surface area (Å²) < 4.78 is 61.7. The summed E-state index contributed by atoms with van der Waals surface area (Å²) in [6.45, 7) is 3.36. The van der Waals surface area contributed by atoms with Crippen molar-refractivity contribution >= 4 is 20.5 Å². The van der Waals surface area contributed by atoms with Crippen LogP contribution in [-0.2, 0) is 34.1 Å². The molecule has 0 amide bonds. The number of hydrogen-bond donors (Lipinski definition) is 3. The molecule has 0 aliphatic carbocycles. The third-order valence-electron chi connectivity index (χ3n) is 1.59. The molecule has 11 heteroatoms. The molecule has 0 aromatic carbocycles. The number of aryl methyl sites for hydroxylation is 2. The number of unbranched alkanes of at least 4 members (excludes halogenated alkanes) is 1. The molecule has 0 radical (unpaired) electrons. The van der Waals surface area contributed by atoms with Crippen molar-refractivity contribution in [1.29, 1.82) is 0 Å². The minimum atomic E-state index is -4.67. The van der Waals surface area contributed by atoms with E-state index in [1.54, 1.807) is 0 Å². The molecule has 20 heavy (non-hydrogen) atoms. The van der Waals surface area contributed by atoms with Gasteiger partial charge in [-0.2, -0.15) is 16.8 Å². The van der Waals surface area contributed by atoms with Gasteiger partial charge >= 0.3 is 10.4 Å². The topological polar surface area (TPSA) is 138 Å². The molecule has 0 fully saturated rings. The van der Waals surface area contributed by atoms with Crippen LogP contribution in [0.5, 0.6) is 0 Å². The Hall–Kier alpha value is -1.01. The van der Waals surface area contributed by atoms with Crippen LogP contribution in [0.15, 0.2) is 18.7 Å². The van der Waals surface area contributed by atoms with Crippen LogP contribution in [0.2, 0.25) is 0 Å². The Labute approximate surface area is 119 Å². The molecule has 0 aliphatic rings. The fourth-order valence-electron chi connectivity index (χ4n) is 0.975. The average molecular weight is 333 g/mol. The van der Waals surface area contributed by atoms with Gasteiger partial charge in [0.1, 0.15) is 12.4 Å². The molecule has 0 aliphatic heterocycles. The van der Waals surface area contributed by atoms with Crippen LogP contribution in [0.1, 0.15) is 19.8 Å². The van der Waals surface area contributed by atoms with Crippen LogP contribution in [0.4, 0.5) is 0 Å². The first-order valence-electron chi connectivity index (χ1n) is 5.46. The van der Waals surface area contributed by atoms with E-state index in [1.807, 2.05) is 7.05 Å². The normalized spacial score (nSPS) is 10.9. The van der Waals surface area contributed by atoms with E-state index in [2.05, 4.69) is 34.8 Å². The van der Waals surface area contributed by atoms with E-state index in [-0.39, 0.29) is 0 Å². The average Bonchev–Trinajstić information content (AvgIpc) is 2.56. The van der Waals surface area contributed by atoms with Gasteiger partial charge in [-0.15, -0.1) is 0 Å². The summed E-state index contributed by atoms with van der Waals surface area (Å²) in [6, 6.07) is 0. The zero-order chi connectivity index (χ0) is 16.4. The molecule has 0 unspecified atom stereocenters. The van der Waals surface area contributed by atoms with Crippen molar-refractivity contribution in [3.05, 3.63) is 18.7 Å². The quantitative estimate of drug-likeness (QED) is 0.521. The molecule has 120 valence electrons. The summed E-state index contributed by atoms with van der Waals surface area (Å²) in [5.74, 6) is 0. The van der Waals surface area contributed by atoms with Gasteiger partial charge in [0.2, 0.25) is 6.33 Å². The zero-order valence-electron chi connectivity index (χ0n) is 11.5. The van der Waals surface area contributed by atoms with E-state index >= 15 is 0 Å². The lowest BCUT2D eigenvalue weighted by molar-refractivity contribution is -0.671. The molecular weight excluding hydrogens is 312 g/mol. The zero-order valence-corrected chi connectivity index (χ0v) is 13.2. The standard InChI is InChI=1S/C8H15N2.CH4O3S.H2O4S/c1-3-4-5-10-7-6-9(2)8-10;2*1-5(2,3)4/h6-8H,3-5H2,1-2H3;1H3,(H,2,3,4);(H2,1,2,3,4)/q+1;;. The molecule has 0 atom stereocenters. The van der Waals surface area contributed by atoms with E-state index in [9.17, 15) is 8.42 Å². The van der Waals surface area contributed by atoms with E-state index in [0.717, 1.165) is 6.54 Å². The second kappa shape index (κ2) is 9.83. The minimum absolute atomic E-state index is 0.715. The van der Waals surface area contributed by atoms with Crippen molar-refractivity contribution in [3.8, 4) is 0 Å². The maximum Gasteiger partial charge on any atom is 0.394 e. The van der Waals surface area contributed by atoms with Crippen LogP contribution >= 0.6 is 0 Å². The van der Waals surface area contributed by atoms with Gasteiger partial charge in [0.25, 0.3) is 10.1 Å². The van der Waals surface area contributed by atoms with Gasteiger partial charge in [0.05, 0.1) is 19.8 Å². The number of aromatic nitrogens is 2. The Morgan fingerprint density at radius 1 is 1.15 bits per heavy atom. The number of nitrogens with zero attached hydrogens (tertiary/aromatic N) is 2. The summed E-state index contributed by atoms with van der Waals surface area (Å²) in [5.41, 5.74) is 0. The maximum atomic E-state index is 9.19. The van der Waals surface area contributed by atoms with Gasteiger partial charge in [-0.05, 0) is 6.42 Å². The van der Waals surface area contributed by atoms with Crippen LogP contribution in [0.25, 0.3) is 0 Å². The molecule has 0 spiro atoms. The highest BCUT2D eigenvalue weighted by atomic mass is 32.3. The van der Waals surface area contributed by atoms with Crippen molar-refractivity contribution in [1.82, 2.24) is 4.57 Å². The van der Waals surface area contributed by atoms with Gasteiger partial charge in [-0.3, -0.25) is 13.7 Å². The summed E-state index contributed by atoms with van der Waals surface area (Å²) in [6.07, 6.45) is 9.53.